The molecule has 4 rings (SSSR count). The molecule has 0 aliphatic carbocycles. The van der Waals surface area contributed by atoms with E-state index in [2.05, 4.69) is 17.6 Å². The van der Waals surface area contributed by atoms with Gasteiger partial charge < -0.3 is 4.90 Å². The lowest BCUT2D eigenvalue weighted by atomic mass is 9.96. The number of benzene rings is 2. The number of nitriles is 1. The molecule has 120 valence electrons. The molecule has 0 unspecified atom stereocenters. The van der Waals surface area contributed by atoms with Crippen molar-refractivity contribution in [3.63, 3.8) is 0 Å². The minimum absolute atomic E-state index is 0.0489. The molecule has 3 aromatic rings. The van der Waals surface area contributed by atoms with Gasteiger partial charge in [-0.15, -0.1) is 0 Å². The third-order valence-corrected chi connectivity index (χ3v) is 4.50. The van der Waals surface area contributed by atoms with E-state index >= 15 is 0 Å². The molecule has 4 nitrogen and oxygen atoms in total. The lowest BCUT2D eigenvalue weighted by Crippen LogP contribution is -2.25. The van der Waals surface area contributed by atoms with E-state index in [9.17, 15) is 4.79 Å². The van der Waals surface area contributed by atoms with E-state index in [1.54, 1.807) is 11.1 Å². The molecule has 0 spiro atoms. The van der Waals surface area contributed by atoms with Crippen molar-refractivity contribution in [3.05, 3.63) is 78.0 Å². The quantitative estimate of drug-likeness (QED) is 0.685. The van der Waals surface area contributed by atoms with Gasteiger partial charge in [0.1, 0.15) is 0 Å². The smallest absolute Gasteiger partial charge is 0.254 e. The van der Waals surface area contributed by atoms with Crippen LogP contribution in [0.25, 0.3) is 22.0 Å². The summed E-state index contributed by atoms with van der Waals surface area (Å²) in [6, 6.07) is 17.9. The molecule has 1 aromatic heterocycles. The molecule has 1 amide bonds. The highest BCUT2D eigenvalue weighted by molar-refractivity contribution is 6.01. The molecule has 2 aromatic carbocycles. The third kappa shape index (κ3) is 2.56. The summed E-state index contributed by atoms with van der Waals surface area (Å²) in [7, 11) is 0. The highest BCUT2D eigenvalue weighted by atomic mass is 16.2. The zero-order chi connectivity index (χ0) is 17.4. The standard InChI is InChI=1S/C21H15N3O/c1-14(11-22)12-24-13-19-17(5-2-6-18(19)21(24)25)16-8-7-15-4-3-9-23-20(15)10-16/h2-10H,1,12-13H2. The van der Waals surface area contributed by atoms with Gasteiger partial charge in [-0.05, 0) is 34.9 Å². The summed E-state index contributed by atoms with van der Waals surface area (Å²) >= 11 is 0. The molecule has 2 heterocycles. The molecule has 1 aliphatic heterocycles. The minimum Gasteiger partial charge on any atom is -0.329 e. The minimum atomic E-state index is -0.0489. The fraction of sp³-hybridized carbons (Fsp3) is 0.0952. The van der Waals surface area contributed by atoms with Crippen molar-refractivity contribution in [3.8, 4) is 17.2 Å². The van der Waals surface area contributed by atoms with Gasteiger partial charge >= 0.3 is 0 Å². The van der Waals surface area contributed by atoms with Crippen LogP contribution in [-0.4, -0.2) is 22.3 Å². The second-order valence-corrected chi connectivity index (χ2v) is 6.12. The summed E-state index contributed by atoms with van der Waals surface area (Å²) in [5.41, 5.74) is 5.08. The predicted molar refractivity (Wildman–Crippen MR) is 96.7 cm³/mol. The first-order chi connectivity index (χ1) is 12.2. The molecule has 25 heavy (non-hydrogen) atoms. The lowest BCUT2D eigenvalue weighted by molar-refractivity contribution is 0.0794. The number of amides is 1. The third-order valence-electron chi connectivity index (χ3n) is 4.50. The zero-order valence-corrected chi connectivity index (χ0v) is 13.6. The highest BCUT2D eigenvalue weighted by Crippen LogP contribution is 2.33. The van der Waals surface area contributed by atoms with Gasteiger partial charge in [0.25, 0.3) is 5.91 Å². The van der Waals surface area contributed by atoms with E-state index in [1.807, 2.05) is 48.5 Å². The molecule has 0 fully saturated rings. The van der Waals surface area contributed by atoms with Crippen molar-refractivity contribution in [2.24, 2.45) is 0 Å². The molecule has 1 aliphatic rings. The maximum absolute atomic E-state index is 12.6. The number of aromatic nitrogens is 1. The average Bonchev–Trinajstić information content (AvgIpc) is 2.97. The number of carbonyl (C=O) groups excluding carboxylic acids is 1. The van der Waals surface area contributed by atoms with Crippen LogP contribution in [0.5, 0.6) is 0 Å². The van der Waals surface area contributed by atoms with Gasteiger partial charge in [-0.2, -0.15) is 5.26 Å². The number of rotatable bonds is 3. The summed E-state index contributed by atoms with van der Waals surface area (Å²) in [5, 5.41) is 10.0. The monoisotopic (exact) mass is 325 g/mol. The molecule has 0 saturated heterocycles. The Kier molecular flexibility index (Phi) is 3.55. The maximum atomic E-state index is 12.6. The number of fused-ring (bicyclic) bond motifs is 2. The summed E-state index contributed by atoms with van der Waals surface area (Å²) in [6.07, 6.45) is 1.78. The number of hydrogen-bond acceptors (Lipinski definition) is 3. The van der Waals surface area contributed by atoms with Crippen molar-refractivity contribution < 1.29 is 4.79 Å². The van der Waals surface area contributed by atoms with Gasteiger partial charge in [-0.3, -0.25) is 9.78 Å². The number of hydrogen-bond donors (Lipinski definition) is 0. The van der Waals surface area contributed by atoms with Crippen LogP contribution >= 0.6 is 0 Å². The Bertz CT molecular complexity index is 1060. The Morgan fingerprint density at radius 1 is 1.20 bits per heavy atom. The number of pyridine rings is 1. The Morgan fingerprint density at radius 3 is 2.88 bits per heavy atom. The van der Waals surface area contributed by atoms with Gasteiger partial charge in [0.2, 0.25) is 0 Å². The van der Waals surface area contributed by atoms with Crippen molar-refractivity contribution in [1.82, 2.24) is 9.88 Å². The Labute approximate surface area is 145 Å². The van der Waals surface area contributed by atoms with Crippen LogP contribution in [0.15, 0.2) is 66.9 Å². The van der Waals surface area contributed by atoms with E-state index in [-0.39, 0.29) is 12.5 Å². The number of carbonyl (C=O) groups is 1. The van der Waals surface area contributed by atoms with Crippen LogP contribution in [0.1, 0.15) is 15.9 Å². The van der Waals surface area contributed by atoms with Crippen LogP contribution < -0.4 is 0 Å². The van der Waals surface area contributed by atoms with E-state index in [1.165, 1.54) is 0 Å². The first-order valence-corrected chi connectivity index (χ1v) is 8.01. The Morgan fingerprint density at radius 2 is 2.04 bits per heavy atom. The topological polar surface area (TPSA) is 57.0 Å². The second-order valence-electron chi connectivity index (χ2n) is 6.12. The molecule has 0 atom stereocenters. The highest BCUT2D eigenvalue weighted by Gasteiger charge is 2.29. The zero-order valence-electron chi connectivity index (χ0n) is 13.6. The summed E-state index contributed by atoms with van der Waals surface area (Å²) in [5.74, 6) is -0.0489. The summed E-state index contributed by atoms with van der Waals surface area (Å²) < 4.78 is 0. The summed E-state index contributed by atoms with van der Waals surface area (Å²) in [6.45, 7) is 4.44. The van der Waals surface area contributed by atoms with E-state index in [0.29, 0.717) is 17.7 Å². The van der Waals surface area contributed by atoms with Gasteiger partial charge in [0, 0.05) is 29.3 Å². The SMILES string of the molecule is C=C(C#N)CN1Cc2c(cccc2-c2ccc3cccnc3c2)C1=O. The van der Waals surface area contributed by atoms with Crippen molar-refractivity contribution >= 4 is 16.8 Å². The van der Waals surface area contributed by atoms with Crippen molar-refractivity contribution in [2.75, 3.05) is 6.54 Å². The van der Waals surface area contributed by atoms with Gasteiger partial charge in [0.05, 0.1) is 18.1 Å². The second kappa shape index (κ2) is 5.88. The molecule has 4 heteroatoms. The average molecular weight is 325 g/mol. The van der Waals surface area contributed by atoms with Crippen molar-refractivity contribution in [1.29, 1.82) is 5.26 Å². The Balaban J connectivity index is 1.77. The summed E-state index contributed by atoms with van der Waals surface area (Å²) in [4.78, 5) is 18.7. The first-order valence-electron chi connectivity index (χ1n) is 8.01. The fourth-order valence-corrected chi connectivity index (χ4v) is 3.29. The van der Waals surface area contributed by atoms with E-state index in [0.717, 1.165) is 27.6 Å². The lowest BCUT2D eigenvalue weighted by Gasteiger charge is -2.14. The van der Waals surface area contributed by atoms with Crippen LogP contribution in [0.4, 0.5) is 0 Å². The molecule has 0 N–H and O–H groups in total. The molecule has 0 bridgehead atoms. The fourth-order valence-electron chi connectivity index (χ4n) is 3.29. The van der Waals surface area contributed by atoms with Crippen LogP contribution in [0.2, 0.25) is 0 Å². The number of nitrogens with zero attached hydrogens (tertiary/aromatic N) is 3. The van der Waals surface area contributed by atoms with Gasteiger partial charge in [-0.1, -0.05) is 36.9 Å². The van der Waals surface area contributed by atoms with Crippen LogP contribution in [0.3, 0.4) is 0 Å². The molecule has 0 radical (unpaired) electrons. The van der Waals surface area contributed by atoms with Gasteiger partial charge in [-0.25, -0.2) is 0 Å². The molecular weight excluding hydrogens is 310 g/mol. The van der Waals surface area contributed by atoms with Crippen LogP contribution in [0, 0.1) is 11.3 Å². The van der Waals surface area contributed by atoms with Gasteiger partial charge in [0.15, 0.2) is 0 Å². The predicted octanol–water partition coefficient (Wildman–Crippen LogP) is 3.94. The molecule has 0 saturated carbocycles. The first kappa shape index (κ1) is 15.1. The van der Waals surface area contributed by atoms with Crippen molar-refractivity contribution in [2.45, 2.75) is 6.54 Å². The maximum Gasteiger partial charge on any atom is 0.254 e. The largest absolute Gasteiger partial charge is 0.329 e. The normalized spacial score (nSPS) is 12.9. The van der Waals surface area contributed by atoms with E-state index in [4.69, 9.17) is 5.26 Å². The van der Waals surface area contributed by atoms with Crippen LogP contribution in [-0.2, 0) is 6.54 Å². The van der Waals surface area contributed by atoms with E-state index < -0.39 is 0 Å². The Hall–Kier alpha value is -3.45. The molecular formula is C21H15N3O.